The number of carbonyl (C=O) groups is 1. The van der Waals surface area contributed by atoms with Crippen LogP contribution in [0.4, 0.5) is 0 Å². The molecule has 0 bridgehead atoms. The van der Waals surface area contributed by atoms with Gasteiger partial charge in [-0.05, 0) is 34.5 Å². The van der Waals surface area contributed by atoms with Crippen LogP contribution >= 0.6 is 27.3 Å². The van der Waals surface area contributed by atoms with Crippen molar-refractivity contribution in [3.63, 3.8) is 0 Å². The fraction of sp³-hybridized carbons (Fsp3) is 0.615. The first kappa shape index (κ1) is 14.7. The molecule has 0 aromatic carbocycles. The molecule has 4 heteroatoms. The summed E-state index contributed by atoms with van der Waals surface area (Å²) in [5.74, 6) is -0.200. The van der Waals surface area contributed by atoms with Gasteiger partial charge in [0.2, 0.25) is 0 Å². The smallest absolute Gasteiger partial charge is 0.348 e. The Bertz CT molecular complexity index is 336. The molecule has 0 saturated heterocycles. The van der Waals surface area contributed by atoms with Gasteiger partial charge in [-0.2, -0.15) is 0 Å². The van der Waals surface area contributed by atoms with Gasteiger partial charge in [-0.3, -0.25) is 0 Å². The van der Waals surface area contributed by atoms with Gasteiger partial charge in [0.15, 0.2) is 0 Å². The number of thiophene rings is 1. The lowest BCUT2D eigenvalue weighted by Gasteiger charge is -2.03. The molecule has 96 valence electrons. The van der Waals surface area contributed by atoms with Gasteiger partial charge in [-0.1, -0.05) is 39.0 Å². The summed E-state index contributed by atoms with van der Waals surface area (Å²) in [5, 5.41) is 0. The number of unbranched alkanes of at least 4 members (excludes halogenated alkanes) is 5. The summed E-state index contributed by atoms with van der Waals surface area (Å²) in [6, 6.07) is 3.66. The Labute approximate surface area is 115 Å². The molecule has 1 aromatic rings. The summed E-state index contributed by atoms with van der Waals surface area (Å²) in [7, 11) is 0. The van der Waals surface area contributed by atoms with Crippen molar-refractivity contribution in [2.75, 3.05) is 6.61 Å². The molecule has 0 unspecified atom stereocenters. The van der Waals surface area contributed by atoms with E-state index in [1.807, 2.05) is 6.07 Å². The minimum Gasteiger partial charge on any atom is -0.462 e. The summed E-state index contributed by atoms with van der Waals surface area (Å²) in [4.78, 5) is 12.2. The van der Waals surface area contributed by atoms with Gasteiger partial charge in [-0.15, -0.1) is 11.3 Å². The molecule has 1 heterocycles. The minimum atomic E-state index is -0.200. The van der Waals surface area contributed by atoms with Crippen LogP contribution in [-0.2, 0) is 4.74 Å². The number of hydrogen-bond acceptors (Lipinski definition) is 3. The van der Waals surface area contributed by atoms with Gasteiger partial charge in [0.1, 0.15) is 4.88 Å². The van der Waals surface area contributed by atoms with Crippen LogP contribution in [0, 0.1) is 0 Å². The van der Waals surface area contributed by atoms with Gasteiger partial charge in [0.05, 0.1) is 10.4 Å². The van der Waals surface area contributed by atoms with Crippen molar-refractivity contribution in [2.24, 2.45) is 0 Å². The quantitative estimate of drug-likeness (QED) is 0.496. The Morgan fingerprint density at radius 2 is 1.94 bits per heavy atom. The molecule has 1 rings (SSSR count). The summed E-state index contributed by atoms with van der Waals surface area (Å²) in [5.41, 5.74) is 0. The molecule has 1 aromatic heterocycles. The second kappa shape index (κ2) is 8.70. The normalized spacial score (nSPS) is 10.5. The van der Waals surface area contributed by atoms with E-state index < -0.39 is 0 Å². The van der Waals surface area contributed by atoms with Crippen LogP contribution in [-0.4, -0.2) is 12.6 Å². The molecule has 0 aliphatic carbocycles. The van der Waals surface area contributed by atoms with Crippen molar-refractivity contribution < 1.29 is 9.53 Å². The van der Waals surface area contributed by atoms with E-state index in [4.69, 9.17) is 4.74 Å². The lowest BCUT2D eigenvalue weighted by Crippen LogP contribution is -2.04. The molecule has 0 atom stereocenters. The van der Waals surface area contributed by atoms with E-state index in [9.17, 15) is 4.79 Å². The highest BCUT2D eigenvalue weighted by atomic mass is 79.9. The summed E-state index contributed by atoms with van der Waals surface area (Å²) in [6.45, 7) is 2.75. The minimum absolute atomic E-state index is 0.200. The first-order chi connectivity index (χ1) is 8.24. The predicted molar refractivity (Wildman–Crippen MR) is 75.7 cm³/mol. The van der Waals surface area contributed by atoms with Crippen LogP contribution in [0.1, 0.15) is 55.1 Å². The fourth-order valence-corrected chi connectivity index (χ4v) is 2.82. The number of halogens is 1. The second-order valence-corrected chi connectivity index (χ2v) is 6.47. The van der Waals surface area contributed by atoms with Crippen molar-refractivity contribution in [3.8, 4) is 0 Å². The van der Waals surface area contributed by atoms with Gasteiger partial charge in [-0.25, -0.2) is 4.79 Å². The standard InChI is InChI=1S/C13H19BrO2S/c1-2-3-4-5-6-7-10-16-13(15)11-8-9-12(14)17-11/h8-9H,2-7,10H2,1H3. The topological polar surface area (TPSA) is 26.3 Å². The Morgan fingerprint density at radius 3 is 2.59 bits per heavy atom. The number of carbonyl (C=O) groups excluding carboxylic acids is 1. The lowest BCUT2D eigenvalue weighted by molar-refractivity contribution is 0.0503. The summed E-state index contributed by atoms with van der Waals surface area (Å²) < 4.78 is 6.16. The van der Waals surface area contributed by atoms with Crippen LogP contribution in [0.3, 0.4) is 0 Å². The van der Waals surface area contributed by atoms with E-state index in [1.165, 1.54) is 37.0 Å². The molecule has 0 amide bonds. The first-order valence-corrected chi connectivity index (χ1v) is 7.77. The molecule has 17 heavy (non-hydrogen) atoms. The SMILES string of the molecule is CCCCCCCCOC(=O)c1ccc(Br)s1. The highest BCUT2D eigenvalue weighted by Crippen LogP contribution is 2.22. The van der Waals surface area contributed by atoms with E-state index in [1.54, 1.807) is 6.07 Å². The van der Waals surface area contributed by atoms with E-state index in [0.29, 0.717) is 11.5 Å². The average molecular weight is 319 g/mol. The van der Waals surface area contributed by atoms with Gasteiger partial charge in [0, 0.05) is 0 Å². The molecule has 0 N–H and O–H groups in total. The van der Waals surface area contributed by atoms with Gasteiger partial charge in [0.25, 0.3) is 0 Å². The number of rotatable bonds is 8. The Kier molecular flexibility index (Phi) is 7.53. The second-order valence-electron chi connectivity index (χ2n) is 4.01. The van der Waals surface area contributed by atoms with Crippen molar-refractivity contribution in [1.82, 2.24) is 0 Å². The first-order valence-electron chi connectivity index (χ1n) is 6.16. The highest BCUT2D eigenvalue weighted by molar-refractivity contribution is 9.11. The number of esters is 1. The fourth-order valence-electron chi connectivity index (χ4n) is 1.54. The van der Waals surface area contributed by atoms with E-state index >= 15 is 0 Å². The lowest BCUT2D eigenvalue weighted by atomic mass is 10.1. The van der Waals surface area contributed by atoms with Crippen molar-refractivity contribution in [1.29, 1.82) is 0 Å². The number of hydrogen-bond donors (Lipinski definition) is 0. The molecule has 0 spiro atoms. The van der Waals surface area contributed by atoms with E-state index in [2.05, 4.69) is 22.9 Å². The molecule has 2 nitrogen and oxygen atoms in total. The Morgan fingerprint density at radius 1 is 1.24 bits per heavy atom. The van der Waals surface area contributed by atoms with Crippen LogP contribution in [0.15, 0.2) is 15.9 Å². The summed E-state index contributed by atoms with van der Waals surface area (Å²) >= 11 is 4.74. The van der Waals surface area contributed by atoms with Crippen molar-refractivity contribution in [2.45, 2.75) is 45.4 Å². The van der Waals surface area contributed by atoms with Crippen molar-refractivity contribution in [3.05, 3.63) is 20.8 Å². The van der Waals surface area contributed by atoms with Crippen LogP contribution < -0.4 is 0 Å². The zero-order valence-corrected chi connectivity index (χ0v) is 12.6. The maximum Gasteiger partial charge on any atom is 0.348 e. The third-order valence-corrected chi connectivity index (χ3v) is 4.11. The zero-order chi connectivity index (χ0) is 12.5. The molecule has 0 aliphatic heterocycles. The predicted octanol–water partition coefficient (Wildman–Crippen LogP) is 5.03. The third-order valence-electron chi connectivity index (χ3n) is 2.51. The van der Waals surface area contributed by atoms with Crippen LogP contribution in [0.5, 0.6) is 0 Å². The molecular weight excluding hydrogens is 300 g/mol. The van der Waals surface area contributed by atoms with Crippen LogP contribution in [0.2, 0.25) is 0 Å². The van der Waals surface area contributed by atoms with Crippen LogP contribution in [0.25, 0.3) is 0 Å². The maximum absolute atomic E-state index is 11.6. The molecular formula is C13H19BrO2S. The van der Waals surface area contributed by atoms with Crippen molar-refractivity contribution >= 4 is 33.2 Å². The van der Waals surface area contributed by atoms with E-state index in [0.717, 1.165) is 16.6 Å². The molecule has 0 aliphatic rings. The van der Waals surface area contributed by atoms with E-state index in [-0.39, 0.29) is 5.97 Å². The zero-order valence-electron chi connectivity index (χ0n) is 10.2. The van der Waals surface area contributed by atoms with Gasteiger partial charge >= 0.3 is 5.97 Å². The maximum atomic E-state index is 11.6. The monoisotopic (exact) mass is 318 g/mol. The summed E-state index contributed by atoms with van der Waals surface area (Å²) in [6.07, 6.45) is 7.24. The molecule has 0 radical (unpaired) electrons. The number of ether oxygens (including phenoxy) is 1. The third kappa shape index (κ3) is 6.22. The average Bonchev–Trinajstić information content (AvgIpc) is 2.74. The largest absolute Gasteiger partial charge is 0.462 e. The Hall–Kier alpha value is -0.350. The van der Waals surface area contributed by atoms with Gasteiger partial charge < -0.3 is 4.74 Å². The highest BCUT2D eigenvalue weighted by Gasteiger charge is 2.09. The Balaban J connectivity index is 2.05. The molecule has 0 fully saturated rings. The molecule has 0 saturated carbocycles.